The van der Waals surface area contributed by atoms with Crippen LogP contribution >= 0.6 is 0 Å². The molecule has 1 aromatic heterocycles. The molecule has 2 saturated carbocycles. The number of anilines is 1. The monoisotopic (exact) mass is 262 g/mol. The summed E-state index contributed by atoms with van der Waals surface area (Å²) in [4.78, 5) is 2.59. The molecule has 4 heteroatoms. The Labute approximate surface area is 116 Å². The van der Waals surface area contributed by atoms with Gasteiger partial charge in [0.15, 0.2) is 0 Å². The van der Waals surface area contributed by atoms with Crippen molar-refractivity contribution in [2.24, 2.45) is 7.05 Å². The smallest absolute Gasteiger partial charge is 0.131 e. The highest BCUT2D eigenvalue weighted by atomic mass is 15.4. The first kappa shape index (κ1) is 13.0. The van der Waals surface area contributed by atoms with E-state index in [1.54, 1.807) is 0 Å². The molecule has 0 spiro atoms. The lowest BCUT2D eigenvalue weighted by molar-refractivity contribution is 0.663. The zero-order chi connectivity index (χ0) is 13.4. The van der Waals surface area contributed by atoms with Gasteiger partial charge in [-0.3, -0.25) is 4.68 Å². The standard InChI is InChI=1S/C15H26N4/c1-4-9-19(13-7-8-13)15-14(10-16-12-5-6-12)11(2)17-18(15)3/h12-13,16H,4-10H2,1-3H3. The van der Waals surface area contributed by atoms with Crippen LogP contribution in [0.25, 0.3) is 0 Å². The molecular formula is C15H26N4. The maximum atomic E-state index is 4.66. The topological polar surface area (TPSA) is 33.1 Å². The Morgan fingerprint density at radius 1 is 1.32 bits per heavy atom. The summed E-state index contributed by atoms with van der Waals surface area (Å²) >= 11 is 0. The zero-order valence-corrected chi connectivity index (χ0v) is 12.4. The molecule has 19 heavy (non-hydrogen) atoms. The van der Waals surface area contributed by atoms with Crippen LogP contribution in [0.3, 0.4) is 0 Å². The van der Waals surface area contributed by atoms with Crippen molar-refractivity contribution in [3.63, 3.8) is 0 Å². The molecule has 0 unspecified atom stereocenters. The van der Waals surface area contributed by atoms with Crippen LogP contribution in [0.2, 0.25) is 0 Å². The Bertz CT molecular complexity index is 443. The SMILES string of the molecule is CCCN(c1c(CNC2CC2)c(C)nn1C)C1CC1. The minimum absolute atomic E-state index is 0.757. The van der Waals surface area contributed by atoms with Crippen LogP contribution in [0.4, 0.5) is 5.82 Å². The van der Waals surface area contributed by atoms with E-state index < -0.39 is 0 Å². The van der Waals surface area contributed by atoms with Crippen LogP contribution in [0.5, 0.6) is 0 Å². The fourth-order valence-corrected chi connectivity index (χ4v) is 2.88. The second-order valence-electron chi connectivity index (χ2n) is 6.09. The fourth-order valence-electron chi connectivity index (χ4n) is 2.88. The van der Waals surface area contributed by atoms with Gasteiger partial charge in [-0.15, -0.1) is 0 Å². The highest BCUT2D eigenvalue weighted by Crippen LogP contribution is 2.35. The van der Waals surface area contributed by atoms with Crippen molar-refractivity contribution >= 4 is 5.82 Å². The van der Waals surface area contributed by atoms with Crippen LogP contribution in [0, 0.1) is 6.92 Å². The molecule has 0 amide bonds. The van der Waals surface area contributed by atoms with E-state index >= 15 is 0 Å². The van der Waals surface area contributed by atoms with Gasteiger partial charge in [0.1, 0.15) is 5.82 Å². The third-order valence-electron chi connectivity index (χ3n) is 4.18. The Balaban J connectivity index is 1.83. The molecule has 1 aromatic rings. The van der Waals surface area contributed by atoms with E-state index in [0.29, 0.717) is 0 Å². The second kappa shape index (κ2) is 5.16. The van der Waals surface area contributed by atoms with Gasteiger partial charge in [0.25, 0.3) is 0 Å². The van der Waals surface area contributed by atoms with Crippen LogP contribution < -0.4 is 10.2 Å². The molecule has 2 aliphatic rings. The number of nitrogens with one attached hydrogen (secondary N) is 1. The first-order valence-electron chi connectivity index (χ1n) is 7.73. The van der Waals surface area contributed by atoms with Gasteiger partial charge in [-0.2, -0.15) is 5.10 Å². The number of nitrogens with zero attached hydrogens (tertiary/aromatic N) is 3. The number of hydrogen-bond donors (Lipinski definition) is 1. The van der Waals surface area contributed by atoms with Crippen LogP contribution in [0.15, 0.2) is 0 Å². The summed E-state index contributed by atoms with van der Waals surface area (Å²) in [5.41, 5.74) is 2.60. The Morgan fingerprint density at radius 3 is 2.63 bits per heavy atom. The zero-order valence-electron chi connectivity index (χ0n) is 12.4. The van der Waals surface area contributed by atoms with E-state index in [0.717, 1.165) is 25.2 Å². The third-order valence-corrected chi connectivity index (χ3v) is 4.18. The van der Waals surface area contributed by atoms with E-state index in [2.05, 4.69) is 40.9 Å². The summed E-state index contributed by atoms with van der Waals surface area (Å²) in [5, 5.41) is 8.30. The van der Waals surface area contributed by atoms with Gasteiger partial charge in [0.2, 0.25) is 0 Å². The van der Waals surface area contributed by atoms with Crippen LogP contribution in [0.1, 0.15) is 50.3 Å². The number of hydrogen-bond acceptors (Lipinski definition) is 3. The molecule has 4 nitrogen and oxygen atoms in total. The van der Waals surface area contributed by atoms with Crippen molar-refractivity contribution in [1.82, 2.24) is 15.1 Å². The van der Waals surface area contributed by atoms with Crippen molar-refractivity contribution < 1.29 is 0 Å². The largest absolute Gasteiger partial charge is 0.354 e. The van der Waals surface area contributed by atoms with E-state index in [-0.39, 0.29) is 0 Å². The van der Waals surface area contributed by atoms with Gasteiger partial charge in [-0.05, 0) is 39.0 Å². The number of aryl methyl sites for hydroxylation is 2. The molecule has 2 fully saturated rings. The van der Waals surface area contributed by atoms with Crippen LogP contribution in [-0.2, 0) is 13.6 Å². The van der Waals surface area contributed by atoms with Gasteiger partial charge < -0.3 is 10.2 Å². The van der Waals surface area contributed by atoms with E-state index in [1.807, 2.05) is 0 Å². The van der Waals surface area contributed by atoms with Gasteiger partial charge in [-0.25, -0.2) is 0 Å². The van der Waals surface area contributed by atoms with Gasteiger partial charge in [-0.1, -0.05) is 6.92 Å². The fraction of sp³-hybridized carbons (Fsp3) is 0.800. The summed E-state index contributed by atoms with van der Waals surface area (Å²) in [6.45, 7) is 6.54. The minimum atomic E-state index is 0.757. The lowest BCUT2D eigenvalue weighted by Gasteiger charge is -2.25. The Hall–Kier alpha value is -1.03. The summed E-state index contributed by atoms with van der Waals surface area (Å²) in [6.07, 6.45) is 6.58. The molecule has 1 heterocycles. The molecule has 2 aliphatic carbocycles. The molecule has 0 saturated heterocycles. The molecule has 0 bridgehead atoms. The van der Waals surface area contributed by atoms with E-state index in [1.165, 1.54) is 49.2 Å². The average Bonchev–Trinajstić information content (AvgIpc) is 3.25. The molecule has 0 aliphatic heterocycles. The van der Waals surface area contributed by atoms with Crippen molar-refractivity contribution in [1.29, 1.82) is 0 Å². The second-order valence-corrected chi connectivity index (χ2v) is 6.09. The first-order chi connectivity index (χ1) is 9.20. The highest BCUT2D eigenvalue weighted by molar-refractivity contribution is 5.52. The van der Waals surface area contributed by atoms with Crippen molar-refractivity contribution in [2.75, 3.05) is 11.4 Å². The maximum Gasteiger partial charge on any atom is 0.131 e. The first-order valence-corrected chi connectivity index (χ1v) is 7.73. The lowest BCUT2D eigenvalue weighted by Crippen LogP contribution is -2.30. The highest BCUT2D eigenvalue weighted by Gasteiger charge is 2.32. The molecule has 1 N–H and O–H groups in total. The molecule has 0 atom stereocenters. The van der Waals surface area contributed by atoms with Gasteiger partial charge >= 0.3 is 0 Å². The lowest BCUT2D eigenvalue weighted by atomic mass is 10.2. The van der Waals surface area contributed by atoms with Crippen molar-refractivity contribution in [3.8, 4) is 0 Å². The molecule has 106 valence electrons. The number of aromatic nitrogens is 2. The Morgan fingerprint density at radius 2 is 2.05 bits per heavy atom. The third kappa shape index (κ3) is 2.78. The predicted molar refractivity (Wildman–Crippen MR) is 78.5 cm³/mol. The quantitative estimate of drug-likeness (QED) is 0.819. The predicted octanol–water partition coefficient (Wildman–Crippen LogP) is 2.36. The maximum absolute atomic E-state index is 4.66. The molecule has 0 aromatic carbocycles. The number of rotatable bonds is 7. The normalized spacial score (nSPS) is 18.9. The Kier molecular flexibility index (Phi) is 3.52. The van der Waals surface area contributed by atoms with E-state index in [4.69, 9.17) is 0 Å². The minimum Gasteiger partial charge on any atom is -0.354 e. The van der Waals surface area contributed by atoms with Gasteiger partial charge in [0, 0.05) is 37.8 Å². The summed E-state index contributed by atoms with van der Waals surface area (Å²) in [5.74, 6) is 1.36. The summed E-state index contributed by atoms with van der Waals surface area (Å²) in [7, 11) is 2.09. The molecule has 3 rings (SSSR count). The average molecular weight is 262 g/mol. The molecular weight excluding hydrogens is 236 g/mol. The van der Waals surface area contributed by atoms with E-state index in [9.17, 15) is 0 Å². The molecule has 0 radical (unpaired) electrons. The van der Waals surface area contributed by atoms with Crippen molar-refractivity contribution in [2.45, 2.75) is 64.6 Å². The van der Waals surface area contributed by atoms with Crippen LogP contribution in [-0.4, -0.2) is 28.4 Å². The summed E-state index contributed by atoms with van der Waals surface area (Å²) in [6, 6.07) is 1.52. The summed E-state index contributed by atoms with van der Waals surface area (Å²) < 4.78 is 2.09. The van der Waals surface area contributed by atoms with Gasteiger partial charge in [0.05, 0.1) is 5.69 Å². The van der Waals surface area contributed by atoms with Crippen molar-refractivity contribution in [3.05, 3.63) is 11.3 Å².